The number of nitrogens with zero attached hydrogens (tertiary/aromatic N) is 2. The van der Waals surface area contributed by atoms with Crippen LogP contribution in [-0.4, -0.2) is 28.7 Å². The fourth-order valence-electron chi connectivity index (χ4n) is 3.74. The van der Waals surface area contributed by atoms with Gasteiger partial charge < -0.3 is 4.90 Å². The number of fused-ring (bicyclic) bond motifs is 3. The third kappa shape index (κ3) is 3.25. The van der Waals surface area contributed by atoms with Gasteiger partial charge in [-0.3, -0.25) is 9.69 Å². The fraction of sp³-hybridized carbons (Fsp3) is 0.130. The summed E-state index contributed by atoms with van der Waals surface area (Å²) < 4.78 is 0.642. The van der Waals surface area contributed by atoms with Crippen LogP contribution in [0.4, 0.5) is 5.69 Å². The Hall–Kier alpha value is -2.28. The summed E-state index contributed by atoms with van der Waals surface area (Å²) in [6, 6.07) is 22.9. The van der Waals surface area contributed by atoms with Crippen LogP contribution < -0.4 is 4.90 Å². The van der Waals surface area contributed by atoms with Crippen molar-refractivity contribution in [1.82, 2.24) is 4.90 Å². The van der Waals surface area contributed by atoms with Crippen molar-refractivity contribution in [2.24, 2.45) is 0 Å². The minimum absolute atomic E-state index is 0.0161. The van der Waals surface area contributed by atoms with Crippen molar-refractivity contribution < 1.29 is 4.79 Å². The van der Waals surface area contributed by atoms with Gasteiger partial charge in [0.2, 0.25) is 0 Å². The average Bonchev–Trinajstić information content (AvgIpc) is 3.23. The number of thioether (sulfide) groups is 2. The third-order valence-electron chi connectivity index (χ3n) is 5.22. The zero-order valence-electron chi connectivity index (χ0n) is 15.8. The lowest BCUT2D eigenvalue weighted by atomic mass is 10.1. The zero-order chi connectivity index (χ0) is 20.0. The maximum absolute atomic E-state index is 13.2. The van der Waals surface area contributed by atoms with Gasteiger partial charge in [0.1, 0.15) is 9.23 Å². The molecule has 0 bridgehead atoms. The number of benzene rings is 3. The molecular weight excluding hydrogens is 416 g/mol. The van der Waals surface area contributed by atoms with E-state index >= 15 is 0 Å². The molecule has 0 N–H and O–H groups in total. The maximum Gasteiger partial charge on any atom is 0.268 e. The smallest absolute Gasteiger partial charge is 0.268 e. The molecule has 0 spiro atoms. The minimum atomic E-state index is 0.0161. The number of carbonyl (C=O) groups excluding carboxylic acids is 1. The number of hydrogen-bond acceptors (Lipinski definition) is 5. The Morgan fingerprint density at radius 1 is 0.931 bits per heavy atom. The molecule has 6 heteroatoms. The second kappa shape index (κ2) is 7.52. The molecule has 0 saturated carbocycles. The predicted octanol–water partition coefficient (Wildman–Crippen LogP) is 5.65. The van der Waals surface area contributed by atoms with Crippen LogP contribution in [0.3, 0.4) is 0 Å². The Morgan fingerprint density at radius 3 is 2.52 bits per heavy atom. The van der Waals surface area contributed by atoms with E-state index in [9.17, 15) is 4.79 Å². The highest BCUT2D eigenvalue weighted by atomic mass is 32.2. The first-order chi connectivity index (χ1) is 14.1. The molecule has 0 radical (unpaired) electrons. The highest BCUT2D eigenvalue weighted by Crippen LogP contribution is 2.52. The summed E-state index contributed by atoms with van der Waals surface area (Å²) in [5, 5.41) is 3.38. The zero-order valence-corrected chi connectivity index (χ0v) is 18.2. The van der Waals surface area contributed by atoms with E-state index in [1.807, 2.05) is 25.2 Å². The Morgan fingerprint density at radius 2 is 1.69 bits per heavy atom. The lowest BCUT2D eigenvalue weighted by molar-refractivity contribution is -0.122. The van der Waals surface area contributed by atoms with Crippen LogP contribution in [0, 0.1) is 0 Å². The summed E-state index contributed by atoms with van der Waals surface area (Å²) in [5.74, 6) is 0.0161. The van der Waals surface area contributed by atoms with Crippen LogP contribution >= 0.6 is 35.7 Å². The summed E-state index contributed by atoms with van der Waals surface area (Å²) >= 11 is 8.63. The standard InChI is InChI=1S/C23H18N2OS3/c1-24-19-17-10-6-5-9-16(17)11-12-18(19)28-22(24)20-21(26)25(23(27)29-20)14-13-15-7-3-2-4-8-15/h2-12H,13-14H2,1H3/b22-20-. The first-order valence-electron chi connectivity index (χ1n) is 9.38. The van der Waals surface area contributed by atoms with Gasteiger partial charge in [0, 0.05) is 23.9 Å². The lowest BCUT2D eigenvalue weighted by Crippen LogP contribution is -2.30. The van der Waals surface area contributed by atoms with E-state index in [1.165, 1.54) is 33.0 Å². The molecule has 2 aliphatic heterocycles. The van der Waals surface area contributed by atoms with Gasteiger partial charge in [0.05, 0.1) is 10.7 Å². The van der Waals surface area contributed by atoms with E-state index < -0.39 is 0 Å². The van der Waals surface area contributed by atoms with Crippen molar-refractivity contribution >= 4 is 62.4 Å². The SMILES string of the molecule is CN1/C(=C2/SC(=S)N(CCc3ccccc3)C2=O)Sc2ccc3ccccc3c21. The number of anilines is 1. The second-order valence-electron chi connectivity index (χ2n) is 6.99. The first kappa shape index (κ1) is 18.7. The molecule has 1 fully saturated rings. The van der Waals surface area contributed by atoms with E-state index in [4.69, 9.17) is 12.2 Å². The van der Waals surface area contributed by atoms with E-state index in [1.54, 1.807) is 16.7 Å². The van der Waals surface area contributed by atoms with Crippen molar-refractivity contribution in [1.29, 1.82) is 0 Å². The van der Waals surface area contributed by atoms with Crippen LogP contribution in [0.25, 0.3) is 10.8 Å². The quantitative estimate of drug-likeness (QED) is 0.391. The van der Waals surface area contributed by atoms with Crippen molar-refractivity contribution in [3.05, 3.63) is 82.2 Å². The highest BCUT2D eigenvalue weighted by Gasteiger charge is 2.38. The molecule has 0 aliphatic carbocycles. The highest BCUT2D eigenvalue weighted by molar-refractivity contribution is 8.27. The largest absolute Gasteiger partial charge is 0.337 e. The third-order valence-corrected chi connectivity index (χ3v) is 8.01. The van der Waals surface area contributed by atoms with Crippen molar-refractivity contribution in [3.8, 4) is 0 Å². The van der Waals surface area contributed by atoms with Crippen LogP contribution in [0.5, 0.6) is 0 Å². The summed E-state index contributed by atoms with van der Waals surface area (Å²) in [7, 11) is 2.04. The number of hydrogen-bond donors (Lipinski definition) is 0. The van der Waals surface area contributed by atoms with E-state index in [0.29, 0.717) is 10.9 Å². The van der Waals surface area contributed by atoms with Crippen molar-refractivity contribution in [3.63, 3.8) is 0 Å². The molecule has 29 heavy (non-hydrogen) atoms. The van der Waals surface area contributed by atoms with Gasteiger partial charge >= 0.3 is 0 Å². The summed E-state index contributed by atoms with van der Waals surface area (Å²) in [6.45, 7) is 0.607. The Kier molecular flexibility index (Phi) is 4.86. The molecule has 3 aromatic rings. The fourth-order valence-corrected chi connectivity index (χ4v) is 6.39. The van der Waals surface area contributed by atoms with Gasteiger partial charge in [-0.2, -0.15) is 0 Å². The van der Waals surface area contributed by atoms with Gasteiger partial charge in [-0.1, -0.05) is 96.4 Å². The van der Waals surface area contributed by atoms with Gasteiger partial charge in [0.15, 0.2) is 0 Å². The molecular formula is C23H18N2OS3. The first-order valence-corrected chi connectivity index (χ1v) is 11.4. The molecule has 3 aromatic carbocycles. The number of rotatable bonds is 3. The van der Waals surface area contributed by atoms with Crippen molar-refractivity contribution in [2.45, 2.75) is 11.3 Å². The van der Waals surface area contributed by atoms with Crippen LogP contribution in [0.15, 0.2) is 81.6 Å². The summed E-state index contributed by atoms with van der Waals surface area (Å²) in [6.07, 6.45) is 0.795. The van der Waals surface area contributed by atoms with Gasteiger partial charge in [-0.05, 0) is 23.4 Å². The minimum Gasteiger partial charge on any atom is -0.337 e. The lowest BCUT2D eigenvalue weighted by Gasteiger charge is -2.17. The molecule has 1 saturated heterocycles. The Bertz CT molecular complexity index is 1170. The molecule has 2 aliphatic rings. The molecule has 0 atom stereocenters. The predicted molar refractivity (Wildman–Crippen MR) is 127 cm³/mol. The molecule has 144 valence electrons. The molecule has 0 aromatic heterocycles. The maximum atomic E-state index is 13.2. The monoisotopic (exact) mass is 434 g/mol. The van der Waals surface area contributed by atoms with Gasteiger partial charge in [0.25, 0.3) is 5.91 Å². The summed E-state index contributed by atoms with van der Waals surface area (Å²) in [5.41, 5.74) is 2.37. The topological polar surface area (TPSA) is 23.6 Å². The van der Waals surface area contributed by atoms with Crippen LogP contribution in [0.1, 0.15) is 5.56 Å². The number of thiocarbonyl (C=S) groups is 1. The normalized spacial score (nSPS) is 18.8. The number of carbonyl (C=O) groups is 1. The molecule has 2 heterocycles. The van der Waals surface area contributed by atoms with Crippen LogP contribution in [0.2, 0.25) is 0 Å². The Labute approximate surface area is 183 Å². The number of amides is 1. The van der Waals surface area contributed by atoms with E-state index in [2.05, 4.69) is 53.4 Å². The Balaban J connectivity index is 1.45. The summed E-state index contributed by atoms with van der Waals surface area (Å²) in [4.78, 5) is 19.0. The van der Waals surface area contributed by atoms with Crippen LogP contribution in [-0.2, 0) is 11.2 Å². The second-order valence-corrected chi connectivity index (χ2v) is 9.66. The van der Waals surface area contributed by atoms with Gasteiger partial charge in [-0.15, -0.1) is 0 Å². The van der Waals surface area contributed by atoms with E-state index in [-0.39, 0.29) is 5.91 Å². The average molecular weight is 435 g/mol. The van der Waals surface area contributed by atoms with Crippen molar-refractivity contribution in [2.75, 3.05) is 18.5 Å². The molecule has 1 amide bonds. The molecule has 3 nitrogen and oxygen atoms in total. The van der Waals surface area contributed by atoms with E-state index in [0.717, 1.165) is 22.0 Å². The molecule has 0 unspecified atom stereocenters. The molecule has 5 rings (SSSR count). The van der Waals surface area contributed by atoms with Gasteiger partial charge in [-0.25, -0.2) is 0 Å².